The van der Waals surface area contributed by atoms with E-state index in [1.165, 1.54) is 13.0 Å². The molecule has 0 fully saturated rings. The molecule has 0 radical (unpaired) electrons. The van der Waals surface area contributed by atoms with Crippen LogP contribution in [0.5, 0.6) is 0 Å². The van der Waals surface area contributed by atoms with Crippen LogP contribution in [0.2, 0.25) is 0 Å². The van der Waals surface area contributed by atoms with Gasteiger partial charge in [0.1, 0.15) is 5.82 Å². The van der Waals surface area contributed by atoms with Gasteiger partial charge in [-0.3, -0.25) is 4.79 Å². The average molecular weight is 274 g/mol. The number of hydrogen-bond acceptors (Lipinski definition) is 2. The molecule has 3 nitrogen and oxygen atoms in total. The zero-order valence-electron chi connectivity index (χ0n) is 11.0. The number of carbonyl (C=O) groups is 1. The second-order valence-electron chi connectivity index (χ2n) is 4.91. The second kappa shape index (κ2) is 5.43. The van der Waals surface area contributed by atoms with Crippen LogP contribution in [0.15, 0.2) is 48.5 Å². The summed E-state index contributed by atoms with van der Waals surface area (Å²) in [5.74, 6) is -1.62. The SMILES string of the molecule is CC(O)(CC(=O)O)c1ccc(-c2ccccc2)c(F)c1. The number of aliphatic carboxylic acids is 1. The molecule has 2 rings (SSSR count). The van der Waals surface area contributed by atoms with Crippen LogP contribution in [0.1, 0.15) is 18.9 Å². The van der Waals surface area contributed by atoms with Gasteiger partial charge in [-0.25, -0.2) is 4.39 Å². The van der Waals surface area contributed by atoms with E-state index in [2.05, 4.69) is 0 Å². The molecule has 0 saturated heterocycles. The Kier molecular flexibility index (Phi) is 3.86. The van der Waals surface area contributed by atoms with Gasteiger partial charge in [0, 0.05) is 5.56 Å². The van der Waals surface area contributed by atoms with E-state index in [1.807, 2.05) is 18.2 Å². The second-order valence-corrected chi connectivity index (χ2v) is 4.91. The van der Waals surface area contributed by atoms with E-state index in [0.29, 0.717) is 5.56 Å². The summed E-state index contributed by atoms with van der Waals surface area (Å²) in [6.07, 6.45) is -0.475. The lowest BCUT2D eigenvalue weighted by Gasteiger charge is -2.22. The quantitative estimate of drug-likeness (QED) is 0.900. The number of carboxylic acids is 1. The van der Waals surface area contributed by atoms with Gasteiger partial charge < -0.3 is 10.2 Å². The molecular weight excluding hydrogens is 259 g/mol. The van der Waals surface area contributed by atoms with Crippen LogP contribution in [0.4, 0.5) is 4.39 Å². The predicted octanol–water partition coefficient (Wildman–Crippen LogP) is 3.17. The first-order valence-electron chi connectivity index (χ1n) is 6.20. The highest BCUT2D eigenvalue weighted by Gasteiger charge is 2.27. The third kappa shape index (κ3) is 3.03. The monoisotopic (exact) mass is 274 g/mol. The maximum Gasteiger partial charge on any atom is 0.306 e. The summed E-state index contributed by atoms with van der Waals surface area (Å²) < 4.78 is 14.1. The van der Waals surface area contributed by atoms with Gasteiger partial charge in [-0.1, -0.05) is 42.5 Å². The molecule has 0 aliphatic carbocycles. The van der Waals surface area contributed by atoms with E-state index in [0.717, 1.165) is 5.56 Å². The Balaban J connectivity index is 2.38. The molecule has 0 aliphatic heterocycles. The van der Waals surface area contributed by atoms with Crippen LogP contribution in [0.25, 0.3) is 11.1 Å². The fourth-order valence-electron chi connectivity index (χ4n) is 2.10. The van der Waals surface area contributed by atoms with Crippen LogP contribution in [0, 0.1) is 5.82 Å². The first-order chi connectivity index (χ1) is 9.40. The summed E-state index contributed by atoms with van der Waals surface area (Å²) in [5, 5.41) is 18.9. The average Bonchev–Trinajstić information content (AvgIpc) is 2.38. The van der Waals surface area contributed by atoms with E-state index in [-0.39, 0.29) is 5.56 Å². The standard InChI is InChI=1S/C16H15FO3/c1-16(20,10-15(18)19)12-7-8-13(14(17)9-12)11-5-3-2-4-6-11/h2-9,20H,10H2,1H3,(H,18,19). The topological polar surface area (TPSA) is 57.5 Å². The lowest BCUT2D eigenvalue weighted by Crippen LogP contribution is -2.25. The van der Waals surface area contributed by atoms with Gasteiger partial charge in [0.25, 0.3) is 0 Å². The maximum absolute atomic E-state index is 14.1. The van der Waals surface area contributed by atoms with Crippen molar-refractivity contribution in [2.75, 3.05) is 0 Å². The number of hydrogen-bond donors (Lipinski definition) is 2. The summed E-state index contributed by atoms with van der Waals surface area (Å²) in [5.41, 5.74) is -0.200. The van der Waals surface area contributed by atoms with Crippen molar-refractivity contribution in [3.63, 3.8) is 0 Å². The lowest BCUT2D eigenvalue weighted by molar-refractivity contribution is -0.142. The molecule has 0 saturated carbocycles. The van der Waals surface area contributed by atoms with Crippen LogP contribution >= 0.6 is 0 Å². The summed E-state index contributed by atoms with van der Waals surface area (Å²) in [6, 6.07) is 13.3. The minimum absolute atomic E-state index is 0.247. The van der Waals surface area contributed by atoms with Crippen molar-refractivity contribution in [2.24, 2.45) is 0 Å². The highest BCUT2D eigenvalue weighted by Crippen LogP contribution is 2.29. The van der Waals surface area contributed by atoms with Crippen molar-refractivity contribution in [1.82, 2.24) is 0 Å². The van der Waals surface area contributed by atoms with Crippen molar-refractivity contribution >= 4 is 5.97 Å². The minimum Gasteiger partial charge on any atom is -0.481 e. The van der Waals surface area contributed by atoms with Crippen molar-refractivity contribution < 1.29 is 19.4 Å². The minimum atomic E-state index is -1.60. The van der Waals surface area contributed by atoms with Crippen molar-refractivity contribution in [2.45, 2.75) is 18.9 Å². The molecule has 0 spiro atoms. The van der Waals surface area contributed by atoms with Gasteiger partial charge in [-0.05, 0) is 24.1 Å². The van der Waals surface area contributed by atoms with Crippen molar-refractivity contribution in [1.29, 1.82) is 0 Å². The number of halogens is 1. The van der Waals surface area contributed by atoms with E-state index < -0.39 is 23.8 Å². The summed E-state index contributed by atoms with van der Waals surface area (Å²) in [6.45, 7) is 1.36. The van der Waals surface area contributed by atoms with Crippen molar-refractivity contribution in [3.8, 4) is 11.1 Å². The van der Waals surface area contributed by atoms with Gasteiger partial charge in [0.05, 0.1) is 12.0 Å². The normalized spacial score (nSPS) is 13.8. The first kappa shape index (κ1) is 14.2. The molecule has 20 heavy (non-hydrogen) atoms. The Morgan fingerprint density at radius 3 is 2.40 bits per heavy atom. The molecule has 0 amide bonds. The molecule has 0 heterocycles. The lowest BCUT2D eigenvalue weighted by atomic mass is 9.91. The third-order valence-corrected chi connectivity index (χ3v) is 3.17. The highest BCUT2D eigenvalue weighted by molar-refractivity contribution is 5.69. The molecule has 2 aromatic rings. The fraction of sp³-hybridized carbons (Fsp3) is 0.188. The van der Waals surface area contributed by atoms with Gasteiger partial charge in [-0.2, -0.15) is 0 Å². The van der Waals surface area contributed by atoms with Crippen LogP contribution in [0.3, 0.4) is 0 Å². The number of rotatable bonds is 4. The molecule has 2 N–H and O–H groups in total. The van der Waals surface area contributed by atoms with Gasteiger partial charge >= 0.3 is 5.97 Å². The van der Waals surface area contributed by atoms with Crippen LogP contribution in [-0.2, 0) is 10.4 Å². The molecule has 2 aromatic carbocycles. The number of benzene rings is 2. The summed E-state index contributed by atoms with van der Waals surface area (Å²) in [7, 11) is 0. The highest BCUT2D eigenvalue weighted by atomic mass is 19.1. The Morgan fingerprint density at radius 1 is 1.20 bits per heavy atom. The third-order valence-electron chi connectivity index (χ3n) is 3.17. The molecule has 4 heteroatoms. The van der Waals surface area contributed by atoms with Crippen LogP contribution in [-0.4, -0.2) is 16.2 Å². The van der Waals surface area contributed by atoms with E-state index in [1.54, 1.807) is 24.3 Å². The molecule has 0 aromatic heterocycles. The maximum atomic E-state index is 14.1. The number of carboxylic acid groups (broad SMARTS) is 1. The van der Waals surface area contributed by atoms with Crippen molar-refractivity contribution in [3.05, 3.63) is 59.9 Å². The van der Waals surface area contributed by atoms with E-state index in [4.69, 9.17) is 5.11 Å². The van der Waals surface area contributed by atoms with Gasteiger partial charge in [0.15, 0.2) is 0 Å². The smallest absolute Gasteiger partial charge is 0.306 e. The summed E-state index contributed by atoms with van der Waals surface area (Å²) in [4.78, 5) is 10.7. The largest absolute Gasteiger partial charge is 0.481 e. The molecule has 104 valence electrons. The summed E-state index contributed by atoms with van der Waals surface area (Å²) >= 11 is 0. The Hall–Kier alpha value is -2.20. The van der Waals surface area contributed by atoms with Gasteiger partial charge in [0.2, 0.25) is 0 Å². The van der Waals surface area contributed by atoms with Crippen LogP contribution < -0.4 is 0 Å². The zero-order chi connectivity index (χ0) is 14.8. The molecule has 1 atom stereocenters. The predicted molar refractivity (Wildman–Crippen MR) is 73.7 cm³/mol. The zero-order valence-corrected chi connectivity index (χ0v) is 11.0. The molecule has 1 unspecified atom stereocenters. The van der Waals surface area contributed by atoms with E-state index in [9.17, 15) is 14.3 Å². The fourth-order valence-corrected chi connectivity index (χ4v) is 2.10. The Bertz CT molecular complexity index is 621. The van der Waals surface area contributed by atoms with Gasteiger partial charge in [-0.15, -0.1) is 0 Å². The number of aliphatic hydroxyl groups is 1. The Labute approximate surface area is 116 Å². The molecule has 0 aliphatic rings. The molecular formula is C16H15FO3. The van der Waals surface area contributed by atoms with E-state index >= 15 is 0 Å². The molecule has 0 bridgehead atoms. The first-order valence-corrected chi connectivity index (χ1v) is 6.20. The Morgan fingerprint density at radius 2 is 1.85 bits per heavy atom.